The molecule has 1 heteroatoms. The molecule has 0 radical (unpaired) electrons. The normalized spacial score (nSPS) is 28.1. The molecule has 1 aliphatic carbocycles. The van der Waals surface area contributed by atoms with E-state index in [0.29, 0.717) is 17.6 Å². The molecule has 0 heterocycles. The van der Waals surface area contributed by atoms with E-state index in [2.05, 4.69) is 33.8 Å². The van der Waals surface area contributed by atoms with Crippen LogP contribution in [0.2, 0.25) is 0 Å². The smallest absolute Gasteiger partial charge is 0.165 e. The van der Waals surface area contributed by atoms with Gasteiger partial charge < -0.3 is 0 Å². The third-order valence-electron chi connectivity index (χ3n) is 4.06. The number of hydrogen-bond donors (Lipinski definition) is 0. The van der Waals surface area contributed by atoms with Gasteiger partial charge in [0.25, 0.3) is 0 Å². The van der Waals surface area contributed by atoms with Crippen molar-refractivity contribution in [2.24, 2.45) is 17.8 Å². The van der Waals surface area contributed by atoms with Crippen molar-refractivity contribution in [3.05, 3.63) is 34.9 Å². The molecule has 0 aromatic heterocycles. The second-order valence-corrected chi connectivity index (χ2v) is 6.36. The number of hydrogen-bond acceptors (Lipinski definition) is 1. The van der Waals surface area contributed by atoms with Crippen LogP contribution in [0.3, 0.4) is 0 Å². The molecule has 0 amide bonds. The van der Waals surface area contributed by atoms with Crippen LogP contribution < -0.4 is 0 Å². The van der Waals surface area contributed by atoms with Crippen molar-refractivity contribution in [2.45, 2.75) is 47.0 Å². The van der Waals surface area contributed by atoms with Crippen molar-refractivity contribution in [3.63, 3.8) is 0 Å². The first-order valence-corrected chi connectivity index (χ1v) is 7.08. The minimum atomic E-state index is 0.241. The van der Waals surface area contributed by atoms with E-state index in [4.69, 9.17) is 0 Å². The molecule has 18 heavy (non-hydrogen) atoms. The second kappa shape index (κ2) is 5.26. The summed E-state index contributed by atoms with van der Waals surface area (Å²) in [6.07, 6.45) is 3.41. The summed E-state index contributed by atoms with van der Waals surface area (Å²) < 4.78 is 0. The first-order valence-electron chi connectivity index (χ1n) is 7.08. The Balaban J connectivity index is 2.20. The average molecular weight is 244 g/mol. The van der Waals surface area contributed by atoms with Gasteiger partial charge in [0, 0.05) is 11.5 Å². The zero-order valence-electron chi connectivity index (χ0n) is 12.0. The third-order valence-corrected chi connectivity index (χ3v) is 4.06. The van der Waals surface area contributed by atoms with E-state index in [1.54, 1.807) is 0 Å². The molecule has 2 atom stereocenters. The highest BCUT2D eigenvalue weighted by Gasteiger charge is 2.29. The molecule has 1 aromatic carbocycles. The van der Waals surface area contributed by atoms with Crippen LogP contribution in [-0.2, 0) is 0 Å². The van der Waals surface area contributed by atoms with Crippen LogP contribution in [0, 0.1) is 31.6 Å². The van der Waals surface area contributed by atoms with Crippen molar-refractivity contribution < 1.29 is 4.79 Å². The Morgan fingerprint density at radius 1 is 0.944 bits per heavy atom. The lowest BCUT2D eigenvalue weighted by Gasteiger charge is -2.30. The predicted octanol–water partition coefficient (Wildman–Crippen LogP) is 4.56. The van der Waals surface area contributed by atoms with Crippen LogP contribution in [0.25, 0.3) is 0 Å². The van der Waals surface area contributed by atoms with Gasteiger partial charge in [0.1, 0.15) is 0 Å². The van der Waals surface area contributed by atoms with Gasteiger partial charge in [0.2, 0.25) is 0 Å². The summed E-state index contributed by atoms with van der Waals surface area (Å²) in [4.78, 5) is 12.6. The Kier molecular flexibility index (Phi) is 3.89. The fraction of sp³-hybridized carbons (Fsp3) is 0.588. The molecule has 0 spiro atoms. The zero-order valence-corrected chi connectivity index (χ0v) is 12.0. The predicted molar refractivity (Wildman–Crippen MR) is 75.9 cm³/mol. The summed E-state index contributed by atoms with van der Waals surface area (Å²) in [7, 11) is 0. The highest BCUT2D eigenvalue weighted by atomic mass is 16.1. The largest absolute Gasteiger partial charge is 0.294 e. The first-order chi connectivity index (χ1) is 8.45. The maximum absolute atomic E-state index is 12.6. The van der Waals surface area contributed by atoms with Gasteiger partial charge in [0.05, 0.1) is 0 Å². The van der Waals surface area contributed by atoms with E-state index in [1.165, 1.54) is 17.5 Å². The Morgan fingerprint density at radius 2 is 1.44 bits per heavy atom. The molecule has 1 aliphatic rings. The summed E-state index contributed by atoms with van der Waals surface area (Å²) in [6, 6.07) is 6.21. The summed E-state index contributed by atoms with van der Waals surface area (Å²) in [5.41, 5.74) is 3.30. The zero-order chi connectivity index (χ0) is 13.3. The molecule has 2 unspecified atom stereocenters. The molecule has 1 nitrogen and oxygen atoms in total. The van der Waals surface area contributed by atoms with Gasteiger partial charge in [-0.3, -0.25) is 4.79 Å². The molecule has 2 rings (SSSR count). The fourth-order valence-corrected chi connectivity index (χ4v) is 3.51. The first kappa shape index (κ1) is 13.3. The van der Waals surface area contributed by atoms with Crippen molar-refractivity contribution in [1.29, 1.82) is 0 Å². The number of benzene rings is 1. The Hall–Kier alpha value is -1.11. The van der Waals surface area contributed by atoms with Gasteiger partial charge in [-0.25, -0.2) is 0 Å². The molecular weight excluding hydrogens is 220 g/mol. The lowest BCUT2D eigenvalue weighted by molar-refractivity contribution is 0.0836. The van der Waals surface area contributed by atoms with E-state index in [9.17, 15) is 4.79 Å². The van der Waals surface area contributed by atoms with Crippen LogP contribution in [-0.4, -0.2) is 5.78 Å². The van der Waals surface area contributed by atoms with Gasteiger partial charge in [-0.05, 0) is 57.1 Å². The third kappa shape index (κ3) is 3.01. The molecule has 0 N–H and O–H groups in total. The van der Waals surface area contributed by atoms with Crippen molar-refractivity contribution in [3.8, 4) is 0 Å². The Labute approximate surface area is 111 Å². The van der Waals surface area contributed by atoms with Crippen molar-refractivity contribution in [2.75, 3.05) is 0 Å². The van der Waals surface area contributed by atoms with Gasteiger partial charge in [-0.15, -0.1) is 0 Å². The molecular formula is C17H24O. The quantitative estimate of drug-likeness (QED) is 0.697. The van der Waals surface area contributed by atoms with E-state index in [0.717, 1.165) is 18.4 Å². The summed E-state index contributed by atoms with van der Waals surface area (Å²) in [6.45, 7) is 8.68. The number of rotatable bonds is 2. The van der Waals surface area contributed by atoms with Crippen LogP contribution >= 0.6 is 0 Å². The number of carbonyl (C=O) groups excluding carboxylic acids is 1. The van der Waals surface area contributed by atoms with Gasteiger partial charge >= 0.3 is 0 Å². The summed E-state index contributed by atoms with van der Waals surface area (Å²) in [5.74, 6) is 1.98. The van der Waals surface area contributed by atoms with Crippen LogP contribution in [0.5, 0.6) is 0 Å². The molecule has 0 saturated heterocycles. The molecule has 0 aliphatic heterocycles. The minimum absolute atomic E-state index is 0.241. The highest BCUT2D eigenvalue weighted by Crippen LogP contribution is 2.34. The van der Waals surface area contributed by atoms with Gasteiger partial charge in [-0.1, -0.05) is 31.0 Å². The van der Waals surface area contributed by atoms with E-state index < -0.39 is 0 Å². The Bertz CT molecular complexity index is 417. The molecule has 1 saturated carbocycles. The summed E-state index contributed by atoms with van der Waals surface area (Å²) >= 11 is 0. The highest BCUT2D eigenvalue weighted by molar-refractivity contribution is 5.98. The number of ketones is 1. The number of aryl methyl sites for hydroxylation is 2. The van der Waals surface area contributed by atoms with Crippen LogP contribution in [0.1, 0.15) is 54.6 Å². The second-order valence-electron chi connectivity index (χ2n) is 6.36. The number of carbonyl (C=O) groups is 1. The monoisotopic (exact) mass is 244 g/mol. The lowest BCUT2D eigenvalue weighted by Crippen LogP contribution is -2.26. The average Bonchev–Trinajstić information content (AvgIpc) is 2.25. The SMILES string of the molecule is Cc1cc(C)cc(C(=O)C2CC(C)CC(C)C2)c1. The van der Waals surface area contributed by atoms with E-state index in [-0.39, 0.29) is 5.92 Å². The maximum atomic E-state index is 12.6. The number of Topliss-reactive ketones (excluding diaryl/α,β-unsaturated/α-hetero) is 1. The standard InChI is InChI=1S/C17H24O/c1-11-5-12(2)8-15(7-11)17(18)16-9-13(3)6-14(4)10-16/h5,7-8,13-14,16H,6,9-10H2,1-4H3. The van der Waals surface area contributed by atoms with Crippen molar-refractivity contribution in [1.82, 2.24) is 0 Å². The van der Waals surface area contributed by atoms with Crippen molar-refractivity contribution >= 4 is 5.78 Å². The van der Waals surface area contributed by atoms with Gasteiger partial charge in [0.15, 0.2) is 5.78 Å². The van der Waals surface area contributed by atoms with Gasteiger partial charge in [-0.2, -0.15) is 0 Å². The molecule has 1 aromatic rings. The topological polar surface area (TPSA) is 17.1 Å². The lowest BCUT2D eigenvalue weighted by atomic mass is 9.74. The fourth-order valence-electron chi connectivity index (χ4n) is 3.51. The van der Waals surface area contributed by atoms with E-state index in [1.807, 2.05) is 12.1 Å². The van der Waals surface area contributed by atoms with Crippen LogP contribution in [0.15, 0.2) is 18.2 Å². The van der Waals surface area contributed by atoms with Crippen LogP contribution in [0.4, 0.5) is 0 Å². The molecule has 0 bridgehead atoms. The minimum Gasteiger partial charge on any atom is -0.294 e. The Morgan fingerprint density at radius 3 is 1.94 bits per heavy atom. The summed E-state index contributed by atoms with van der Waals surface area (Å²) in [5, 5.41) is 0. The van der Waals surface area contributed by atoms with E-state index >= 15 is 0 Å². The molecule has 1 fully saturated rings. The maximum Gasteiger partial charge on any atom is 0.165 e. The molecule has 98 valence electrons.